The first kappa shape index (κ1) is 18.0. The van der Waals surface area contributed by atoms with Gasteiger partial charge in [0.25, 0.3) is 0 Å². The number of para-hydroxylation sites is 1. The molecule has 2 aliphatic heterocycles. The fraction of sp³-hybridized carbons (Fsp3) is 0.409. The summed E-state index contributed by atoms with van der Waals surface area (Å²) in [6, 6.07) is 18.6. The van der Waals surface area contributed by atoms with Crippen molar-refractivity contribution in [3.63, 3.8) is 0 Å². The molecule has 27 heavy (non-hydrogen) atoms. The van der Waals surface area contributed by atoms with Gasteiger partial charge >= 0.3 is 0 Å². The van der Waals surface area contributed by atoms with Crippen molar-refractivity contribution in [3.05, 3.63) is 65.7 Å². The molecule has 0 aliphatic carbocycles. The lowest BCUT2D eigenvalue weighted by atomic mass is 10.00. The molecule has 0 radical (unpaired) electrons. The Bertz CT molecular complexity index is 780. The van der Waals surface area contributed by atoms with Gasteiger partial charge in [0.05, 0.1) is 12.6 Å². The highest BCUT2D eigenvalue weighted by molar-refractivity contribution is 5.82. The fourth-order valence-corrected chi connectivity index (χ4v) is 4.08. The molecular weight excluding hydrogens is 338 g/mol. The van der Waals surface area contributed by atoms with Gasteiger partial charge in [-0.25, -0.2) is 0 Å². The van der Waals surface area contributed by atoms with Crippen LogP contribution in [0.15, 0.2) is 54.6 Å². The summed E-state index contributed by atoms with van der Waals surface area (Å²) in [5.74, 6) is 0.0909. The van der Waals surface area contributed by atoms with E-state index in [0.717, 1.165) is 31.7 Å². The molecule has 5 heteroatoms. The molecule has 2 aliphatic rings. The van der Waals surface area contributed by atoms with E-state index in [1.54, 1.807) is 0 Å². The summed E-state index contributed by atoms with van der Waals surface area (Å²) in [6.45, 7) is 4.72. The molecule has 2 heterocycles. The highest BCUT2D eigenvalue weighted by atomic mass is 16.3. The van der Waals surface area contributed by atoms with Crippen LogP contribution in [-0.4, -0.2) is 66.2 Å². The Hall–Kier alpha value is -2.37. The number of hydrogen-bond donors (Lipinski definition) is 1. The zero-order chi connectivity index (χ0) is 18.6. The molecule has 1 unspecified atom stereocenters. The molecule has 2 aromatic carbocycles. The number of piperazine rings is 1. The number of β-amino-alcohol motifs (C(OH)–C–C–N with tert-alkyl or cyclic N) is 1. The molecule has 1 fully saturated rings. The number of aliphatic hydroxyl groups excluding tert-OH is 1. The van der Waals surface area contributed by atoms with Crippen molar-refractivity contribution in [1.29, 1.82) is 0 Å². The monoisotopic (exact) mass is 365 g/mol. The lowest BCUT2D eigenvalue weighted by Gasteiger charge is -2.37. The van der Waals surface area contributed by atoms with Crippen molar-refractivity contribution in [2.24, 2.45) is 0 Å². The topological polar surface area (TPSA) is 47.0 Å². The summed E-state index contributed by atoms with van der Waals surface area (Å²) < 4.78 is 0. The summed E-state index contributed by atoms with van der Waals surface area (Å²) in [5.41, 5.74) is 3.84. The van der Waals surface area contributed by atoms with Crippen LogP contribution in [0.4, 0.5) is 5.69 Å². The molecule has 5 nitrogen and oxygen atoms in total. The number of fused-ring (bicyclic) bond motifs is 1. The summed E-state index contributed by atoms with van der Waals surface area (Å²) in [4.78, 5) is 18.7. The van der Waals surface area contributed by atoms with Crippen molar-refractivity contribution in [1.82, 2.24) is 9.80 Å². The summed E-state index contributed by atoms with van der Waals surface area (Å²) >= 11 is 0. The average molecular weight is 365 g/mol. The third-order valence-electron chi connectivity index (χ3n) is 5.55. The zero-order valence-corrected chi connectivity index (χ0v) is 15.6. The van der Waals surface area contributed by atoms with E-state index in [2.05, 4.69) is 34.1 Å². The third kappa shape index (κ3) is 4.31. The smallest absolute Gasteiger partial charge is 0.242 e. The highest BCUT2D eigenvalue weighted by Crippen LogP contribution is 2.19. The minimum atomic E-state index is -0.512. The van der Waals surface area contributed by atoms with E-state index in [1.165, 1.54) is 11.1 Å². The summed E-state index contributed by atoms with van der Waals surface area (Å²) in [5, 5.41) is 10.6. The van der Waals surface area contributed by atoms with Crippen molar-refractivity contribution in [2.45, 2.75) is 19.1 Å². The number of hydrogen-bond acceptors (Lipinski definition) is 4. The molecule has 1 N–H and O–H groups in total. The van der Waals surface area contributed by atoms with Crippen LogP contribution in [0, 0.1) is 0 Å². The van der Waals surface area contributed by atoms with Crippen molar-refractivity contribution in [2.75, 3.05) is 44.2 Å². The first-order chi connectivity index (χ1) is 13.2. The Morgan fingerprint density at radius 2 is 1.59 bits per heavy atom. The van der Waals surface area contributed by atoms with E-state index in [4.69, 9.17) is 0 Å². The molecule has 0 aromatic heterocycles. The minimum absolute atomic E-state index is 0.0909. The van der Waals surface area contributed by atoms with Crippen molar-refractivity contribution in [3.8, 4) is 0 Å². The van der Waals surface area contributed by atoms with Gasteiger partial charge in [-0.05, 0) is 29.7 Å². The van der Waals surface area contributed by atoms with Crippen LogP contribution in [0.1, 0.15) is 11.1 Å². The van der Waals surface area contributed by atoms with Crippen LogP contribution in [0.2, 0.25) is 0 Å². The third-order valence-corrected chi connectivity index (χ3v) is 5.55. The maximum atomic E-state index is 12.5. The quantitative estimate of drug-likeness (QED) is 0.877. The molecular formula is C22H27N3O2. The van der Waals surface area contributed by atoms with Gasteiger partial charge in [0.1, 0.15) is 0 Å². The van der Waals surface area contributed by atoms with E-state index in [1.807, 2.05) is 35.2 Å². The normalized spacial score (nSPS) is 19.1. The number of aliphatic hydroxyl groups is 1. The summed E-state index contributed by atoms with van der Waals surface area (Å²) in [6.07, 6.45) is 0.514. The number of anilines is 1. The van der Waals surface area contributed by atoms with Gasteiger partial charge in [-0.2, -0.15) is 0 Å². The Morgan fingerprint density at radius 3 is 2.37 bits per heavy atom. The molecule has 142 valence electrons. The Kier molecular flexibility index (Phi) is 5.41. The molecule has 0 spiro atoms. The standard InChI is InChI=1S/C22H27N3O2/c26-21(15-23-11-10-18-6-4-5-7-19(18)14-23)16-25-13-12-24(17-22(25)27)20-8-2-1-3-9-20/h1-9,21,26H,10-17H2. The Balaban J connectivity index is 1.28. The number of benzene rings is 2. The second-order valence-corrected chi connectivity index (χ2v) is 7.50. The van der Waals surface area contributed by atoms with Crippen LogP contribution >= 0.6 is 0 Å². The second kappa shape index (κ2) is 8.11. The first-order valence-electron chi connectivity index (χ1n) is 9.74. The van der Waals surface area contributed by atoms with E-state index < -0.39 is 6.10 Å². The van der Waals surface area contributed by atoms with Gasteiger partial charge in [-0.3, -0.25) is 9.69 Å². The average Bonchev–Trinajstić information content (AvgIpc) is 2.70. The predicted molar refractivity (Wildman–Crippen MR) is 107 cm³/mol. The van der Waals surface area contributed by atoms with Crippen molar-refractivity contribution < 1.29 is 9.90 Å². The fourth-order valence-electron chi connectivity index (χ4n) is 4.08. The van der Waals surface area contributed by atoms with Gasteiger partial charge < -0.3 is 14.9 Å². The molecule has 1 amide bonds. The number of carbonyl (C=O) groups is 1. The lowest BCUT2D eigenvalue weighted by molar-refractivity contribution is -0.132. The zero-order valence-electron chi connectivity index (χ0n) is 15.6. The maximum absolute atomic E-state index is 12.5. The van der Waals surface area contributed by atoms with Crippen LogP contribution in [0.5, 0.6) is 0 Å². The maximum Gasteiger partial charge on any atom is 0.242 e. The van der Waals surface area contributed by atoms with Crippen LogP contribution in [-0.2, 0) is 17.8 Å². The van der Waals surface area contributed by atoms with Gasteiger partial charge in [-0.15, -0.1) is 0 Å². The van der Waals surface area contributed by atoms with Gasteiger partial charge in [0, 0.05) is 45.0 Å². The molecule has 1 saturated heterocycles. The number of carbonyl (C=O) groups excluding carboxylic acids is 1. The van der Waals surface area contributed by atoms with Gasteiger partial charge in [0.2, 0.25) is 5.91 Å². The second-order valence-electron chi connectivity index (χ2n) is 7.50. The molecule has 0 bridgehead atoms. The van der Waals surface area contributed by atoms with E-state index in [-0.39, 0.29) is 5.91 Å². The number of rotatable bonds is 5. The SMILES string of the molecule is O=C1CN(c2ccccc2)CCN1CC(O)CN1CCc2ccccc2C1. The molecule has 0 saturated carbocycles. The highest BCUT2D eigenvalue weighted by Gasteiger charge is 2.27. The van der Waals surface area contributed by atoms with Crippen LogP contribution < -0.4 is 4.90 Å². The van der Waals surface area contributed by atoms with E-state index >= 15 is 0 Å². The van der Waals surface area contributed by atoms with Gasteiger partial charge in [0.15, 0.2) is 0 Å². The van der Waals surface area contributed by atoms with Gasteiger partial charge in [-0.1, -0.05) is 42.5 Å². The number of amides is 1. The largest absolute Gasteiger partial charge is 0.390 e. The molecule has 2 aromatic rings. The minimum Gasteiger partial charge on any atom is -0.390 e. The van der Waals surface area contributed by atoms with E-state index in [0.29, 0.717) is 26.2 Å². The first-order valence-corrected chi connectivity index (χ1v) is 9.74. The Morgan fingerprint density at radius 1 is 0.852 bits per heavy atom. The predicted octanol–water partition coefficient (Wildman–Crippen LogP) is 1.75. The number of nitrogens with zero attached hydrogens (tertiary/aromatic N) is 3. The van der Waals surface area contributed by atoms with E-state index in [9.17, 15) is 9.90 Å². The summed E-state index contributed by atoms with van der Waals surface area (Å²) in [7, 11) is 0. The molecule has 1 atom stereocenters. The van der Waals surface area contributed by atoms with Crippen LogP contribution in [0.3, 0.4) is 0 Å². The Labute approximate surface area is 160 Å². The van der Waals surface area contributed by atoms with Crippen LogP contribution in [0.25, 0.3) is 0 Å². The lowest BCUT2D eigenvalue weighted by Crippen LogP contribution is -2.53. The van der Waals surface area contributed by atoms with Crippen molar-refractivity contribution >= 4 is 11.6 Å². The molecule has 4 rings (SSSR count).